The second kappa shape index (κ2) is 6.55. The van der Waals surface area contributed by atoms with Gasteiger partial charge < -0.3 is 21.3 Å². The molecule has 3 heterocycles. The van der Waals surface area contributed by atoms with Crippen molar-refractivity contribution in [3.8, 4) is 0 Å². The first-order valence-electron chi connectivity index (χ1n) is 8.84. The minimum Gasteiger partial charge on any atom is -0.369 e. The number of hydrogen-bond acceptors (Lipinski definition) is 6. The van der Waals surface area contributed by atoms with E-state index >= 15 is 0 Å². The molecule has 0 bridgehead atoms. The lowest BCUT2D eigenvalue weighted by Gasteiger charge is -2.27. The van der Waals surface area contributed by atoms with Gasteiger partial charge in [-0.2, -0.15) is 0 Å². The van der Waals surface area contributed by atoms with Crippen molar-refractivity contribution in [2.45, 2.75) is 45.1 Å². The van der Waals surface area contributed by atoms with Crippen LogP contribution >= 0.6 is 0 Å². The molecule has 132 valence electrons. The van der Waals surface area contributed by atoms with Crippen LogP contribution in [0.5, 0.6) is 0 Å². The zero-order valence-electron chi connectivity index (χ0n) is 14.8. The topological polar surface area (TPSA) is 96.2 Å². The Morgan fingerprint density at radius 2 is 2.33 bits per heavy atom. The van der Waals surface area contributed by atoms with Crippen LogP contribution in [0.3, 0.4) is 0 Å². The molecule has 2 atom stereocenters. The maximum absolute atomic E-state index is 11.8. The first kappa shape index (κ1) is 17.0. The summed E-state index contributed by atoms with van der Waals surface area (Å²) in [5.74, 6) is 2.43. The average molecular weight is 332 g/mol. The van der Waals surface area contributed by atoms with Crippen LogP contribution in [0.1, 0.15) is 45.1 Å². The van der Waals surface area contributed by atoms with Crippen LogP contribution in [-0.2, 0) is 4.79 Å². The largest absolute Gasteiger partial charge is 0.369 e. The van der Waals surface area contributed by atoms with Crippen LogP contribution in [0, 0.1) is 5.92 Å². The summed E-state index contributed by atoms with van der Waals surface area (Å²) in [4.78, 5) is 23.0. The van der Waals surface area contributed by atoms with E-state index in [1.807, 2.05) is 13.8 Å². The monoisotopic (exact) mass is 332 g/mol. The van der Waals surface area contributed by atoms with Crippen molar-refractivity contribution >= 4 is 17.5 Å². The Morgan fingerprint density at radius 3 is 3.04 bits per heavy atom. The summed E-state index contributed by atoms with van der Waals surface area (Å²) in [5, 5.41) is 6.35. The van der Waals surface area contributed by atoms with Crippen LogP contribution in [-0.4, -0.2) is 47.6 Å². The van der Waals surface area contributed by atoms with Crippen molar-refractivity contribution in [1.82, 2.24) is 15.3 Å². The minimum absolute atomic E-state index is 0.0207. The molecule has 0 aliphatic carbocycles. The predicted octanol–water partition coefficient (Wildman–Crippen LogP) is 1.08. The summed E-state index contributed by atoms with van der Waals surface area (Å²) in [5.41, 5.74) is 7.34. The lowest BCUT2D eigenvalue weighted by Crippen LogP contribution is -2.52. The zero-order chi connectivity index (χ0) is 17.3. The number of rotatable bonds is 5. The van der Waals surface area contributed by atoms with Crippen molar-refractivity contribution in [3.63, 3.8) is 0 Å². The van der Waals surface area contributed by atoms with Crippen LogP contribution in [0.15, 0.2) is 6.33 Å². The number of carbonyl (C=O) groups excluding carboxylic acids is 1. The first-order chi connectivity index (χ1) is 11.4. The molecule has 1 amide bonds. The second-order valence-electron chi connectivity index (χ2n) is 7.35. The summed E-state index contributed by atoms with van der Waals surface area (Å²) in [6.45, 7) is 8.95. The van der Waals surface area contributed by atoms with Crippen molar-refractivity contribution in [2.75, 3.05) is 36.4 Å². The van der Waals surface area contributed by atoms with Crippen molar-refractivity contribution in [2.24, 2.45) is 11.7 Å². The van der Waals surface area contributed by atoms with E-state index in [1.54, 1.807) is 6.33 Å². The van der Waals surface area contributed by atoms with Crippen molar-refractivity contribution in [1.29, 1.82) is 0 Å². The molecule has 0 radical (unpaired) electrons. The Hall–Kier alpha value is -1.89. The van der Waals surface area contributed by atoms with E-state index in [4.69, 9.17) is 5.73 Å². The molecule has 1 fully saturated rings. The minimum atomic E-state index is -0.407. The van der Waals surface area contributed by atoms with E-state index in [0.717, 1.165) is 37.6 Å². The number of fused-ring (bicyclic) bond motifs is 1. The molecule has 1 aromatic rings. The third-order valence-corrected chi connectivity index (χ3v) is 5.10. The van der Waals surface area contributed by atoms with Gasteiger partial charge in [-0.15, -0.1) is 0 Å². The molecular weight excluding hydrogens is 304 g/mol. The molecule has 0 saturated carbocycles. The Kier molecular flexibility index (Phi) is 4.62. The molecule has 1 unspecified atom stereocenters. The van der Waals surface area contributed by atoms with E-state index in [-0.39, 0.29) is 11.8 Å². The second-order valence-corrected chi connectivity index (χ2v) is 7.35. The molecule has 3 rings (SSSR count). The molecule has 0 spiro atoms. The number of amides is 1. The fourth-order valence-electron chi connectivity index (χ4n) is 3.51. The SMILES string of the molecule is CCC1CNc2ncnc(N3CC[C@](N)(CNC(=O)C(C)C)C3)c21. The van der Waals surface area contributed by atoms with E-state index in [2.05, 4.69) is 32.4 Å². The molecule has 7 nitrogen and oxygen atoms in total. The van der Waals surface area contributed by atoms with E-state index < -0.39 is 5.54 Å². The highest BCUT2D eigenvalue weighted by Gasteiger charge is 2.38. The van der Waals surface area contributed by atoms with Crippen LogP contribution in [0.25, 0.3) is 0 Å². The molecule has 7 heteroatoms. The highest BCUT2D eigenvalue weighted by atomic mass is 16.1. The zero-order valence-corrected chi connectivity index (χ0v) is 14.8. The number of carbonyl (C=O) groups is 1. The third kappa shape index (κ3) is 3.17. The predicted molar refractivity (Wildman–Crippen MR) is 95.1 cm³/mol. The molecule has 24 heavy (non-hydrogen) atoms. The Bertz CT molecular complexity index is 619. The quantitative estimate of drug-likeness (QED) is 0.746. The normalized spacial score (nSPS) is 25.7. The lowest BCUT2D eigenvalue weighted by atomic mass is 9.99. The highest BCUT2D eigenvalue weighted by Crippen LogP contribution is 2.39. The van der Waals surface area contributed by atoms with Crippen molar-refractivity contribution < 1.29 is 4.79 Å². The molecule has 1 aromatic heterocycles. The number of anilines is 2. The summed E-state index contributed by atoms with van der Waals surface area (Å²) >= 11 is 0. The third-order valence-electron chi connectivity index (χ3n) is 5.10. The summed E-state index contributed by atoms with van der Waals surface area (Å²) < 4.78 is 0. The van der Waals surface area contributed by atoms with Crippen LogP contribution < -0.4 is 21.3 Å². The first-order valence-corrected chi connectivity index (χ1v) is 8.84. The van der Waals surface area contributed by atoms with Gasteiger partial charge in [-0.05, 0) is 12.8 Å². The number of nitrogens with zero attached hydrogens (tertiary/aromatic N) is 3. The molecule has 0 aromatic carbocycles. The van der Waals surface area contributed by atoms with E-state index in [1.165, 1.54) is 5.56 Å². The lowest BCUT2D eigenvalue weighted by molar-refractivity contribution is -0.124. The van der Waals surface area contributed by atoms with Crippen LogP contribution in [0.4, 0.5) is 11.6 Å². The molecular formula is C17H28N6O. The van der Waals surface area contributed by atoms with Gasteiger partial charge in [0, 0.05) is 43.6 Å². The van der Waals surface area contributed by atoms with Gasteiger partial charge in [0.25, 0.3) is 0 Å². The van der Waals surface area contributed by atoms with E-state index in [0.29, 0.717) is 19.0 Å². The fraction of sp³-hybridized carbons (Fsp3) is 0.706. The standard InChI is InChI=1S/C17H28N6O/c1-4-12-7-19-14-13(12)15(22-10-21-14)23-6-5-17(18,9-23)8-20-16(24)11(2)3/h10-12H,4-9,18H2,1-3H3,(H,20,24)(H,19,21,22)/t12?,17-/m0/s1. The number of nitrogens with two attached hydrogens (primary N) is 1. The Labute approximate surface area is 143 Å². The van der Waals surface area contributed by atoms with Gasteiger partial charge in [0.05, 0.1) is 5.54 Å². The Morgan fingerprint density at radius 1 is 1.54 bits per heavy atom. The smallest absolute Gasteiger partial charge is 0.222 e. The van der Waals surface area contributed by atoms with Gasteiger partial charge in [-0.3, -0.25) is 4.79 Å². The van der Waals surface area contributed by atoms with Gasteiger partial charge in [-0.1, -0.05) is 20.8 Å². The number of aromatic nitrogens is 2. The molecule has 2 aliphatic rings. The van der Waals surface area contributed by atoms with Gasteiger partial charge in [0.1, 0.15) is 18.0 Å². The molecule has 4 N–H and O–H groups in total. The summed E-state index contributed by atoms with van der Waals surface area (Å²) in [6.07, 6.45) is 3.52. The highest BCUT2D eigenvalue weighted by molar-refractivity contribution is 5.78. The maximum atomic E-state index is 11.8. The maximum Gasteiger partial charge on any atom is 0.222 e. The van der Waals surface area contributed by atoms with Gasteiger partial charge in [0.2, 0.25) is 5.91 Å². The van der Waals surface area contributed by atoms with Gasteiger partial charge >= 0.3 is 0 Å². The van der Waals surface area contributed by atoms with Crippen LogP contribution in [0.2, 0.25) is 0 Å². The molecule has 2 aliphatic heterocycles. The average Bonchev–Trinajstić information content (AvgIpc) is 3.16. The number of nitrogens with one attached hydrogen (secondary N) is 2. The fourth-order valence-corrected chi connectivity index (χ4v) is 3.51. The summed E-state index contributed by atoms with van der Waals surface area (Å²) in [7, 11) is 0. The van der Waals surface area contributed by atoms with E-state index in [9.17, 15) is 4.79 Å². The van der Waals surface area contributed by atoms with Gasteiger partial charge in [-0.25, -0.2) is 9.97 Å². The Balaban J connectivity index is 1.72. The molecule has 1 saturated heterocycles. The number of hydrogen-bond donors (Lipinski definition) is 3. The van der Waals surface area contributed by atoms with Gasteiger partial charge in [0.15, 0.2) is 0 Å². The summed E-state index contributed by atoms with van der Waals surface area (Å²) in [6, 6.07) is 0. The van der Waals surface area contributed by atoms with Crippen molar-refractivity contribution in [3.05, 3.63) is 11.9 Å².